The van der Waals surface area contributed by atoms with Gasteiger partial charge in [-0.3, -0.25) is 0 Å². The molecule has 32 heavy (non-hydrogen) atoms. The highest BCUT2D eigenvalue weighted by Gasteiger charge is 2.23. The number of benzene rings is 2. The number of rotatable bonds is 14. The fourth-order valence-electron chi connectivity index (χ4n) is 4.91. The van der Waals surface area contributed by atoms with Crippen LogP contribution >= 0.6 is 0 Å². The molecule has 0 bridgehead atoms. The minimum absolute atomic E-state index is 0.539. The lowest BCUT2D eigenvalue weighted by Crippen LogP contribution is -2.37. The minimum Gasteiger partial charge on any atom is -0.234 e. The van der Waals surface area contributed by atoms with Crippen LogP contribution in [0.5, 0.6) is 0 Å². The van der Waals surface area contributed by atoms with E-state index in [1.807, 2.05) is 0 Å². The summed E-state index contributed by atoms with van der Waals surface area (Å²) in [5.74, 6) is 2.04. The lowest BCUT2D eigenvalue weighted by Gasteiger charge is -2.18. The molecule has 0 radical (unpaired) electrons. The summed E-state index contributed by atoms with van der Waals surface area (Å²) in [5, 5.41) is 0. The molecule has 2 unspecified atom stereocenters. The molecule has 1 aromatic heterocycles. The maximum absolute atomic E-state index is 2.58. The number of imidazole rings is 1. The van der Waals surface area contributed by atoms with Gasteiger partial charge in [0.05, 0.1) is 12.6 Å². The van der Waals surface area contributed by atoms with E-state index in [0.29, 0.717) is 12.0 Å². The van der Waals surface area contributed by atoms with Gasteiger partial charge in [0.2, 0.25) is 0 Å². The molecule has 0 aliphatic heterocycles. The largest absolute Gasteiger partial charge is 0.256 e. The van der Waals surface area contributed by atoms with Crippen molar-refractivity contribution in [1.82, 2.24) is 4.57 Å². The zero-order valence-electron chi connectivity index (χ0n) is 20.5. The van der Waals surface area contributed by atoms with Gasteiger partial charge in [-0.15, -0.1) is 0 Å². The summed E-state index contributed by atoms with van der Waals surface area (Å²) in [4.78, 5) is 0. The van der Waals surface area contributed by atoms with Crippen molar-refractivity contribution in [3.05, 3.63) is 90.0 Å². The number of hydrogen-bond donors (Lipinski definition) is 0. The number of aryl methyl sites for hydroxylation is 1. The Morgan fingerprint density at radius 2 is 1.53 bits per heavy atom. The summed E-state index contributed by atoms with van der Waals surface area (Å²) >= 11 is 0. The fourth-order valence-corrected chi connectivity index (χ4v) is 4.91. The third-order valence-electron chi connectivity index (χ3n) is 6.76. The summed E-state index contributed by atoms with van der Waals surface area (Å²) in [7, 11) is 0. The topological polar surface area (TPSA) is 8.81 Å². The molecular weight excluding hydrogens is 388 g/mol. The van der Waals surface area contributed by atoms with Crippen LogP contribution in [0.25, 0.3) is 0 Å². The van der Waals surface area contributed by atoms with E-state index >= 15 is 0 Å². The van der Waals surface area contributed by atoms with Gasteiger partial charge in [0.1, 0.15) is 12.4 Å². The molecule has 2 atom stereocenters. The summed E-state index contributed by atoms with van der Waals surface area (Å²) in [6.45, 7) is 8.09. The Hall–Kier alpha value is -2.35. The van der Waals surface area contributed by atoms with Crippen molar-refractivity contribution in [2.45, 2.75) is 97.1 Å². The highest BCUT2D eigenvalue weighted by molar-refractivity contribution is 5.24. The lowest BCUT2D eigenvalue weighted by atomic mass is 9.88. The van der Waals surface area contributed by atoms with Gasteiger partial charge < -0.3 is 0 Å². The predicted octanol–water partition coefficient (Wildman–Crippen LogP) is 7.68. The summed E-state index contributed by atoms with van der Waals surface area (Å²) in [6.07, 6.45) is 15.9. The molecule has 3 aromatic rings. The second-order valence-electron chi connectivity index (χ2n) is 9.35. The number of nitrogens with zero attached hydrogens (tertiary/aromatic N) is 2. The van der Waals surface area contributed by atoms with Crippen molar-refractivity contribution in [2.24, 2.45) is 0 Å². The van der Waals surface area contributed by atoms with Crippen LogP contribution in [0.4, 0.5) is 0 Å². The van der Waals surface area contributed by atoms with E-state index < -0.39 is 0 Å². The molecule has 2 nitrogen and oxygen atoms in total. The van der Waals surface area contributed by atoms with Crippen LogP contribution in [0.2, 0.25) is 0 Å². The van der Waals surface area contributed by atoms with E-state index in [9.17, 15) is 0 Å². The van der Waals surface area contributed by atoms with Crippen LogP contribution in [0.3, 0.4) is 0 Å². The first-order chi connectivity index (χ1) is 15.7. The zero-order valence-corrected chi connectivity index (χ0v) is 20.5. The molecule has 172 valence electrons. The molecule has 0 spiro atoms. The highest BCUT2D eigenvalue weighted by atomic mass is 15.2. The van der Waals surface area contributed by atoms with Crippen LogP contribution < -0.4 is 4.57 Å². The van der Waals surface area contributed by atoms with Gasteiger partial charge in [-0.25, -0.2) is 9.13 Å². The Morgan fingerprint density at radius 1 is 0.812 bits per heavy atom. The number of aromatic nitrogens is 2. The first-order valence-electron chi connectivity index (χ1n) is 12.9. The smallest absolute Gasteiger partial charge is 0.234 e. The van der Waals surface area contributed by atoms with Crippen molar-refractivity contribution >= 4 is 0 Å². The molecule has 2 heteroatoms. The van der Waals surface area contributed by atoms with Crippen molar-refractivity contribution < 1.29 is 4.57 Å². The molecule has 1 heterocycles. The molecule has 0 saturated carbocycles. The van der Waals surface area contributed by atoms with Crippen LogP contribution in [0.15, 0.2) is 73.1 Å². The van der Waals surface area contributed by atoms with E-state index in [-0.39, 0.29) is 0 Å². The van der Waals surface area contributed by atoms with E-state index in [4.69, 9.17) is 0 Å². The first kappa shape index (κ1) is 24.3. The van der Waals surface area contributed by atoms with E-state index in [1.165, 1.54) is 61.9 Å². The Kier molecular flexibility index (Phi) is 10.1. The van der Waals surface area contributed by atoms with E-state index in [1.54, 1.807) is 0 Å². The quantitative estimate of drug-likeness (QED) is 0.183. The Morgan fingerprint density at radius 3 is 2.22 bits per heavy atom. The van der Waals surface area contributed by atoms with E-state index in [0.717, 1.165) is 19.4 Å². The van der Waals surface area contributed by atoms with Gasteiger partial charge in [0.15, 0.2) is 0 Å². The van der Waals surface area contributed by atoms with E-state index in [2.05, 4.69) is 103 Å². The lowest BCUT2D eigenvalue weighted by molar-refractivity contribution is -0.704. The predicted molar refractivity (Wildman–Crippen MR) is 136 cm³/mol. The molecule has 3 rings (SSSR count). The van der Waals surface area contributed by atoms with Gasteiger partial charge in [-0.1, -0.05) is 93.8 Å². The summed E-state index contributed by atoms with van der Waals surface area (Å²) in [6, 6.07) is 22.7. The normalized spacial score (nSPS) is 13.2. The molecule has 0 aliphatic carbocycles. The average Bonchev–Trinajstić information content (AvgIpc) is 3.23. The second kappa shape index (κ2) is 13.3. The molecule has 0 aliphatic rings. The van der Waals surface area contributed by atoms with Crippen LogP contribution in [-0.4, -0.2) is 4.57 Å². The molecule has 2 aromatic carbocycles. The average molecular weight is 432 g/mol. The minimum atomic E-state index is 0.539. The molecule has 0 saturated heterocycles. The molecular formula is C30H43N2+. The van der Waals surface area contributed by atoms with Gasteiger partial charge in [0.25, 0.3) is 5.82 Å². The van der Waals surface area contributed by atoms with Gasteiger partial charge in [-0.05, 0) is 56.1 Å². The molecule has 0 fully saturated rings. The summed E-state index contributed by atoms with van der Waals surface area (Å²) < 4.78 is 5.08. The molecule has 0 amide bonds. The van der Waals surface area contributed by atoms with Crippen LogP contribution in [0, 0.1) is 0 Å². The fraction of sp³-hybridized carbons (Fsp3) is 0.500. The van der Waals surface area contributed by atoms with Gasteiger partial charge in [0, 0.05) is 6.42 Å². The van der Waals surface area contributed by atoms with Crippen molar-refractivity contribution in [2.75, 3.05) is 0 Å². The van der Waals surface area contributed by atoms with Crippen LogP contribution in [0.1, 0.15) is 94.6 Å². The van der Waals surface area contributed by atoms with Gasteiger partial charge >= 0.3 is 0 Å². The van der Waals surface area contributed by atoms with Crippen molar-refractivity contribution in [1.29, 1.82) is 0 Å². The molecule has 0 N–H and O–H groups in total. The maximum Gasteiger partial charge on any atom is 0.256 e. The van der Waals surface area contributed by atoms with Crippen molar-refractivity contribution in [3.63, 3.8) is 0 Å². The Bertz CT molecular complexity index is 882. The summed E-state index contributed by atoms with van der Waals surface area (Å²) in [5.41, 5.74) is 2.89. The monoisotopic (exact) mass is 431 g/mol. The zero-order chi connectivity index (χ0) is 22.6. The van der Waals surface area contributed by atoms with Crippen LogP contribution in [-0.2, 0) is 19.4 Å². The SMILES string of the molecule is CCCCCCC(C)n1cc[n+](CCC)c1CCC(Cc1ccccc1)c1ccccc1. The number of hydrogen-bond acceptors (Lipinski definition) is 0. The van der Waals surface area contributed by atoms with Crippen molar-refractivity contribution in [3.8, 4) is 0 Å². The standard InChI is InChI=1S/C30H43N2/c1-4-6-7-10-15-26(3)32-24-23-31(22-5-2)30(32)21-20-29(28-18-13-9-14-19-28)25-27-16-11-8-12-17-27/h8-9,11-14,16-19,23-24,26,29H,4-7,10,15,20-22,25H2,1-3H3/q+1. The third-order valence-corrected chi connectivity index (χ3v) is 6.76. The maximum atomic E-state index is 2.58. The Labute approximate surface area is 196 Å². The first-order valence-corrected chi connectivity index (χ1v) is 12.9. The second-order valence-corrected chi connectivity index (χ2v) is 9.35. The van der Waals surface area contributed by atoms with Gasteiger partial charge in [-0.2, -0.15) is 0 Å². The highest BCUT2D eigenvalue weighted by Crippen LogP contribution is 2.27. The Balaban J connectivity index is 1.76. The number of unbranched alkanes of at least 4 members (excludes halogenated alkanes) is 3. The third kappa shape index (κ3) is 7.08.